The van der Waals surface area contributed by atoms with Crippen LogP contribution in [0.2, 0.25) is 0 Å². The summed E-state index contributed by atoms with van der Waals surface area (Å²) in [6.45, 7) is 2.17. The first-order chi connectivity index (χ1) is 7.60. The molecule has 0 unspecified atom stereocenters. The fraction of sp³-hybridized carbons (Fsp3) is 0.273. The van der Waals surface area contributed by atoms with E-state index in [0.29, 0.717) is 17.9 Å². The Balaban J connectivity index is 3.30. The second-order valence-corrected chi connectivity index (χ2v) is 3.10. The van der Waals surface area contributed by atoms with Crippen LogP contribution in [0.25, 0.3) is 0 Å². The Morgan fingerprint density at radius 3 is 2.81 bits per heavy atom. The maximum atomic E-state index is 11.0. The van der Waals surface area contributed by atoms with Crippen LogP contribution >= 0.6 is 0 Å². The summed E-state index contributed by atoms with van der Waals surface area (Å²) in [6.07, 6.45) is 1.51. The predicted octanol–water partition coefficient (Wildman–Crippen LogP) is 1.41. The van der Waals surface area contributed by atoms with E-state index in [1.54, 1.807) is 14.0 Å². The van der Waals surface area contributed by atoms with Gasteiger partial charge < -0.3 is 15.6 Å². The highest BCUT2D eigenvalue weighted by molar-refractivity contribution is 5.96. The molecule has 1 aromatic carbocycles. The standard InChI is InChI=1S/C11H14N2O3/c1-3-16-10-5-9(12)7(6-13-2)4-8(10)11(14)15/h4-6H,3,12H2,1-2H3,(H,14,15). The van der Waals surface area contributed by atoms with Crippen LogP contribution < -0.4 is 10.5 Å². The second kappa shape index (κ2) is 5.16. The highest BCUT2D eigenvalue weighted by atomic mass is 16.5. The molecule has 0 bridgehead atoms. The van der Waals surface area contributed by atoms with E-state index in [9.17, 15) is 4.79 Å². The number of anilines is 1. The van der Waals surface area contributed by atoms with Crippen molar-refractivity contribution in [3.63, 3.8) is 0 Å². The zero-order chi connectivity index (χ0) is 12.1. The first kappa shape index (κ1) is 12.0. The molecular formula is C11H14N2O3. The lowest BCUT2D eigenvalue weighted by atomic mass is 10.1. The van der Waals surface area contributed by atoms with E-state index in [1.807, 2.05) is 0 Å². The molecule has 0 aromatic heterocycles. The fourth-order valence-corrected chi connectivity index (χ4v) is 1.31. The van der Waals surface area contributed by atoms with Crippen LogP contribution in [0.4, 0.5) is 5.69 Å². The minimum atomic E-state index is -1.05. The summed E-state index contributed by atoms with van der Waals surface area (Å²) in [5, 5.41) is 9.01. The molecule has 0 amide bonds. The van der Waals surface area contributed by atoms with Crippen molar-refractivity contribution in [2.24, 2.45) is 4.99 Å². The van der Waals surface area contributed by atoms with Gasteiger partial charge in [0.2, 0.25) is 0 Å². The van der Waals surface area contributed by atoms with E-state index in [2.05, 4.69) is 4.99 Å². The molecule has 1 rings (SSSR count). The zero-order valence-electron chi connectivity index (χ0n) is 9.23. The van der Waals surface area contributed by atoms with Crippen molar-refractivity contribution in [2.45, 2.75) is 6.92 Å². The van der Waals surface area contributed by atoms with Gasteiger partial charge in [-0.2, -0.15) is 0 Å². The number of nitrogens with two attached hydrogens (primary N) is 1. The summed E-state index contributed by atoms with van der Waals surface area (Å²) >= 11 is 0. The SMILES string of the molecule is CCOc1cc(N)c(C=NC)cc1C(=O)O. The summed E-state index contributed by atoms with van der Waals surface area (Å²) in [7, 11) is 1.59. The van der Waals surface area contributed by atoms with E-state index in [4.69, 9.17) is 15.6 Å². The third kappa shape index (κ3) is 2.50. The molecule has 0 atom stereocenters. The molecule has 1 aromatic rings. The predicted molar refractivity (Wildman–Crippen MR) is 62.5 cm³/mol. The van der Waals surface area contributed by atoms with E-state index in [-0.39, 0.29) is 11.3 Å². The maximum Gasteiger partial charge on any atom is 0.339 e. The molecule has 5 heteroatoms. The van der Waals surface area contributed by atoms with Gasteiger partial charge in [0.25, 0.3) is 0 Å². The molecule has 5 nitrogen and oxygen atoms in total. The lowest BCUT2D eigenvalue weighted by Crippen LogP contribution is -2.06. The Kier molecular flexibility index (Phi) is 3.88. The average molecular weight is 222 g/mol. The molecule has 0 saturated carbocycles. The van der Waals surface area contributed by atoms with Gasteiger partial charge in [0.05, 0.1) is 6.61 Å². The number of nitrogens with zero attached hydrogens (tertiary/aromatic N) is 1. The van der Waals surface area contributed by atoms with Crippen LogP contribution in [0, 0.1) is 0 Å². The Labute approximate surface area is 93.6 Å². The molecule has 0 heterocycles. The molecule has 0 aliphatic carbocycles. The summed E-state index contributed by atoms with van der Waals surface area (Å²) in [5.74, 6) is -0.769. The van der Waals surface area contributed by atoms with Crippen molar-refractivity contribution < 1.29 is 14.6 Å². The van der Waals surface area contributed by atoms with Gasteiger partial charge in [-0.1, -0.05) is 0 Å². The van der Waals surface area contributed by atoms with E-state index in [0.717, 1.165) is 0 Å². The van der Waals surface area contributed by atoms with Crippen LogP contribution in [0.1, 0.15) is 22.8 Å². The Hall–Kier alpha value is -2.04. The maximum absolute atomic E-state index is 11.0. The van der Waals surface area contributed by atoms with Gasteiger partial charge in [0.15, 0.2) is 0 Å². The van der Waals surface area contributed by atoms with E-state index >= 15 is 0 Å². The Morgan fingerprint density at radius 1 is 1.62 bits per heavy atom. The third-order valence-electron chi connectivity index (χ3n) is 1.98. The van der Waals surface area contributed by atoms with Crippen molar-refractivity contribution in [1.29, 1.82) is 0 Å². The van der Waals surface area contributed by atoms with Gasteiger partial charge in [0, 0.05) is 30.6 Å². The molecule has 0 aliphatic heterocycles. The largest absolute Gasteiger partial charge is 0.493 e. The number of rotatable bonds is 4. The van der Waals surface area contributed by atoms with Crippen molar-refractivity contribution in [3.05, 3.63) is 23.3 Å². The van der Waals surface area contributed by atoms with Crippen molar-refractivity contribution in [1.82, 2.24) is 0 Å². The fourth-order valence-electron chi connectivity index (χ4n) is 1.31. The number of benzene rings is 1. The Bertz CT molecular complexity index is 427. The monoisotopic (exact) mass is 222 g/mol. The minimum Gasteiger partial charge on any atom is -0.493 e. The number of ether oxygens (including phenoxy) is 1. The van der Waals surface area contributed by atoms with Gasteiger partial charge in [-0.15, -0.1) is 0 Å². The van der Waals surface area contributed by atoms with Gasteiger partial charge in [-0.05, 0) is 13.0 Å². The topological polar surface area (TPSA) is 84.9 Å². The minimum absolute atomic E-state index is 0.0888. The molecule has 86 valence electrons. The molecule has 0 radical (unpaired) electrons. The van der Waals surface area contributed by atoms with E-state index < -0.39 is 5.97 Å². The molecule has 0 spiro atoms. The molecule has 0 saturated heterocycles. The van der Waals surface area contributed by atoms with Gasteiger partial charge in [-0.3, -0.25) is 4.99 Å². The highest BCUT2D eigenvalue weighted by Gasteiger charge is 2.13. The molecule has 0 fully saturated rings. The van der Waals surface area contributed by atoms with Crippen LogP contribution in [0.3, 0.4) is 0 Å². The number of aromatic carboxylic acids is 1. The molecular weight excluding hydrogens is 208 g/mol. The molecule has 0 aliphatic rings. The summed E-state index contributed by atoms with van der Waals surface area (Å²) in [4.78, 5) is 14.8. The number of carbonyl (C=O) groups is 1. The lowest BCUT2D eigenvalue weighted by Gasteiger charge is -2.09. The van der Waals surface area contributed by atoms with Gasteiger partial charge >= 0.3 is 5.97 Å². The van der Waals surface area contributed by atoms with Crippen LogP contribution in [0.5, 0.6) is 5.75 Å². The van der Waals surface area contributed by atoms with Crippen LogP contribution in [-0.4, -0.2) is 30.9 Å². The number of hydrogen-bond acceptors (Lipinski definition) is 4. The first-order valence-corrected chi connectivity index (χ1v) is 4.82. The van der Waals surface area contributed by atoms with Crippen molar-refractivity contribution >= 4 is 17.9 Å². The smallest absolute Gasteiger partial charge is 0.339 e. The summed E-state index contributed by atoms with van der Waals surface area (Å²) in [6, 6.07) is 2.96. The van der Waals surface area contributed by atoms with Gasteiger partial charge in [-0.25, -0.2) is 4.79 Å². The molecule has 16 heavy (non-hydrogen) atoms. The van der Waals surface area contributed by atoms with Gasteiger partial charge in [0.1, 0.15) is 11.3 Å². The van der Waals surface area contributed by atoms with Crippen LogP contribution in [0.15, 0.2) is 17.1 Å². The second-order valence-electron chi connectivity index (χ2n) is 3.10. The average Bonchev–Trinajstić information content (AvgIpc) is 2.22. The van der Waals surface area contributed by atoms with Crippen LogP contribution in [-0.2, 0) is 0 Å². The third-order valence-corrected chi connectivity index (χ3v) is 1.98. The number of hydrogen-bond donors (Lipinski definition) is 2. The van der Waals surface area contributed by atoms with Crippen molar-refractivity contribution in [2.75, 3.05) is 19.4 Å². The lowest BCUT2D eigenvalue weighted by molar-refractivity contribution is 0.0692. The summed E-state index contributed by atoms with van der Waals surface area (Å²) in [5.41, 5.74) is 6.85. The van der Waals surface area contributed by atoms with Crippen molar-refractivity contribution in [3.8, 4) is 5.75 Å². The number of carboxylic acid groups (broad SMARTS) is 1. The quantitative estimate of drug-likeness (QED) is 0.596. The summed E-state index contributed by atoms with van der Waals surface area (Å²) < 4.78 is 5.21. The number of carboxylic acids is 1. The zero-order valence-corrected chi connectivity index (χ0v) is 9.23. The number of nitrogen functional groups attached to an aromatic ring is 1. The van der Waals surface area contributed by atoms with E-state index in [1.165, 1.54) is 18.3 Å². The molecule has 3 N–H and O–H groups in total. The Morgan fingerprint density at radius 2 is 2.31 bits per heavy atom. The highest BCUT2D eigenvalue weighted by Crippen LogP contribution is 2.25. The number of aliphatic imine (C=N–C) groups is 1. The normalized spacial score (nSPS) is 10.6. The first-order valence-electron chi connectivity index (χ1n) is 4.82.